The van der Waals surface area contributed by atoms with Crippen molar-refractivity contribution in [2.45, 2.75) is 13.3 Å². The van der Waals surface area contributed by atoms with Gasteiger partial charge in [0, 0.05) is 17.6 Å². The van der Waals surface area contributed by atoms with E-state index in [0.717, 1.165) is 33.1 Å². The second-order valence-electron chi connectivity index (χ2n) is 6.81. The van der Waals surface area contributed by atoms with Crippen molar-refractivity contribution in [2.75, 3.05) is 16.4 Å². The highest BCUT2D eigenvalue weighted by atomic mass is 32.1. The number of aromatic nitrogens is 2. The van der Waals surface area contributed by atoms with E-state index in [0.29, 0.717) is 17.4 Å². The molecule has 0 bridgehead atoms. The maximum absolute atomic E-state index is 12.3. The number of aryl methyl sites for hydroxylation is 1. The third-order valence-corrected chi connectivity index (χ3v) is 5.50. The number of hydrogen-bond acceptors (Lipinski definition) is 6. The molecular formula is C23H21N5OS. The van der Waals surface area contributed by atoms with Crippen molar-refractivity contribution in [3.8, 4) is 10.4 Å². The Balaban J connectivity index is 1.46. The predicted octanol–water partition coefficient (Wildman–Crippen LogP) is 5.02. The largest absolute Gasteiger partial charge is 0.375 e. The first-order chi connectivity index (χ1) is 14.6. The molecule has 0 atom stereocenters. The van der Waals surface area contributed by atoms with Gasteiger partial charge in [-0.15, -0.1) is 0 Å². The molecule has 4 N–H and O–H groups in total. The molecule has 0 saturated carbocycles. The van der Waals surface area contributed by atoms with E-state index >= 15 is 0 Å². The molecule has 0 aliphatic carbocycles. The Morgan fingerprint density at radius 1 is 1.03 bits per heavy atom. The lowest BCUT2D eigenvalue weighted by Crippen LogP contribution is -2.14. The van der Waals surface area contributed by atoms with Crippen LogP contribution in [0.3, 0.4) is 0 Å². The van der Waals surface area contributed by atoms with Crippen molar-refractivity contribution in [1.82, 2.24) is 9.97 Å². The van der Waals surface area contributed by atoms with Crippen molar-refractivity contribution >= 4 is 39.6 Å². The van der Waals surface area contributed by atoms with Crippen molar-refractivity contribution in [3.63, 3.8) is 0 Å². The number of anilines is 4. The number of nitrogens with one attached hydrogen (secondary N) is 2. The molecule has 0 spiro atoms. The fourth-order valence-electron chi connectivity index (χ4n) is 3.13. The molecule has 30 heavy (non-hydrogen) atoms. The molecule has 6 nitrogen and oxygen atoms in total. The topological polar surface area (TPSA) is 92.9 Å². The molecule has 0 saturated heterocycles. The van der Waals surface area contributed by atoms with Crippen LogP contribution in [0.25, 0.3) is 10.4 Å². The summed E-state index contributed by atoms with van der Waals surface area (Å²) in [6.07, 6.45) is 2.08. The van der Waals surface area contributed by atoms with Crippen LogP contribution in [0.15, 0.2) is 72.9 Å². The molecule has 2 aromatic heterocycles. The molecule has 4 rings (SSSR count). The molecule has 4 aromatic rings. The highest BCUT2D eigenvalue weighted by Gasteiger charge is 2.10. The number of hydrogen-bond donors (Lipinski definition) is 3. The number of amides is 1. The van der Waals surface area contributed by atoms with Gasteiger partial charge in [-0.1, -0.05) is 47.7 Å². The maximum Gasteiger partial charge on any atom is 0.228 e. The molecule has 2 aromatic carbocycles. The molecule has 0 aliphatic heterocycles. The van der Waals surface area contributed by atoms with Gasteiger partial charge in [0.05, 0.1) is 17.0 Å². The van der Waals surface area contributed by atoms with E-state index in [2.05, 4.69) is 20.6 Å². The van der Waals surface area contributed by atoms with Gasteiger partial charge in [0.15, 0.2) is 5.13 Å². The predicted molar refractivity (Wildman–Crippen MR) is 123 cm³/mol. The Morgan fingerprint density at radius 3 is 2.60 bits per heavy atom. The summed E-state index contributed by atoms with van der Waals surface area (Å²) >= 11 is 1.46. The SMILES string of the molecule is Cc1nc(N)sc1-c1ccnc(Nc2cccc(NC(=O)Cc3ccccc3)c2)c1. The smallest absolute Gasteiger partial charge is 0.228 e. The van der Waals surface area contributed by atoms with Crippen LogP contribution in [0.5, 0.6) is 0 Å². The van der Waals surface area contributed by atoms with Crippen LogP contribution in [-0.4, -0.2) is 15.9 Å². The highest BCUT2D eigenvalue weighted by molar-refractivity contribution is 7.18. The van der Waals surface area contributed by atoms with Crippen molar-refractivity contribution in [2.24, 2.45) is 0 Å². The summed E-state index contributed by atoms with van der Waals surface area (Å²) in [6.45, 7) is 1.94. The van der Waals surface area contributed by atoms with Gasteiger partial charge in [-0.2, -0.15) is 0 Å². The van der Waals surface area contributed by atoms with Crippen LogP contribution in [0, 0.1) is 6.92 Å². The lowest BCUT2D eigenvalue weighted by Gasteiger charge is -2.10. The minimum absolute atomic E-state index is 0.0586. The van der Waals surface area contributed by atoms with Crippen LogP contribution < -0.4 is 16.4 Å². The Kier molecular flexibility index (Phi) is 5.72. The van der Waals surface area contributed by atoms with E-state index in [1.165, 1.54) is 11.3 Å². The number of benzene rings is 2. The second kappa shape index (κ2) is 8.75. The molecule has 7 heteroatoms. The number of pyridine rings is 1. The number of nitrogen functional groups attached to an aromatic ring is 1. The van der Waals surface area contributed by atoms with Crippen LogP contribution in [-0.2, 0) is 11.2 Å². The maximum atomic E-state index is 12.3. The number of nitrogens with two attached hydrogens (primary N) is 1. The first kappa shape index (κ1) is 19.6. The van der Waals surface area contributed by atoms with E-state index in [1.54, 1.807) is 6.20 Å². The average Bonchev–Trinajstić information content (AvgIpc) is 3.07. The first-order valence-electron chi connectivity index (χ1n) is 9.47. The molecule has 150 valence electrons. The molecule has 2 heterocycles. The number of nitrogens with zero attached hydrogens (tertiary/aromatic N) is 2. The second-order valence-corrected chi connectivity index (χ2v) is 7.84. The summed E-state index contributed by atoms with van der Waals surface area (Å²) in [5, 5.41) is 6.79. The molecule has 0 fully saturated rings. The van der Waals surface area contributed by atoms with Gasteiger partial charge in [-0.3, -0.25) is 4.79 Å². The third kappa shape index (κ3) is 4.82. The Morgan fingerprint density at radius 2 is 1.83 bits per heavy atom. The Hall–Kier alpha value is -3.71. The van der Waals surface area contributed by atoms with Gasteiger partial charge in [0.1, 0.15) is 5.82 Å². The van der Waals surface area contributed by atoms with E-state index in [1.807, 2.05) is 73.7 Å². The summed E-state index contributed by atoms with van der Waals surface area (Å²) in [4.78, 5) is 22.0. The Bertz CT molecular complexity index is 1170. The number of carbonyl (C=O) groups is 1. The van der Waals surface area contributed by atoms with E-state index in [-0.39, 0.29) is 5.91 Å². The van der Waals surface area contributed by atoms with Crippen molar-refractivity contribution < 1.29 is 4.79 Å². The van der Waals surface area contributed by atoms with Crippen LogP contribution >= 0.6 is 11.3 Å². The van der Waals surface area contributed by atoms with Crippen LogP contribution in [0.2, 0.25) is 0 Å². The minimum atomic E-state index is -0.0586. The van der Waals surface area contributed by atoms with Crippen LogP contribution in [0.1, 0.15) is 11.3 Å². The fraction of sp³-hybridized carbons (Fsp3) is 0.0870. The zero-order valence-corrected chi connectivity index (χ0v) is 17.2. The minimum Gasteiger partial charge on any atom is -0.375 e. The van der Waals surface area contributed by atoms with Gasteiger partial charge in [0.2, 0.25) is 5.91 Å². The van der Waals surface area contributed by atoms with Crippen molar-refractivity contribution in [3.05, 3.63) is 84.2 Å². The highest BCUT2D eigenvalue weighted by Crippen LogP contribution is 2.32. The van der Waals surface area contributed by atoms with Gasteiger partial charge < -0.3 is 16.4 Å². The van der Waals surface area contributed by atoms with E-state index in [9.17, 15) is 4.79 Å². The third-order valence-electron chi connectivity index (χ3n) is 4.46. The number of carbonyl (C=O) groups excluding carboxylic acids is 1. The normalized spacial score (nSPS) is 10.6. The summed E-state index contributed by atoms with van der Waals surface area (Å²) in [5.74, 6) is 0.642. The zero-order valence-electron chi connectivity index (χ0n) is 16.4. The molecule has 1 amide bonds. The average molecular weight is 416 g/mol. The summed E-state index contributed by atoms with van der Waals surface area (Å²) in [5.41, 5.74) is 10.3. The van der Waals surface area contributed by atoms with Gasteiger partial charge in [-0.25, -0.2) is 9.97 Å². The standard InChI is InChI=1S/C23H21N5OS/c1-15-22(30-23(24)26-15)17-10-11-25-20(13-17)27-18-8-5-9-19(14-18)28-21(29)12-16-6-3-2-4-7-16/h2-11,13-14H,12H2,1H3,(H2,24,26)(H,25,27)(H,28,29). The van der Waals surface area contributed by atoms with Crippen LogP contribution in [0.4, 0.5) is 22.3 Å². The monoisotopic (exact) mass is 415 g/mol. The van der Waals surface area contributed by atoms with E-state index in [4.69, 9.17) is 5.73 Å². The van der Waals surface area contributed by atoms with E-state index < -0.39 is 0 Å². The van der Waals surface area contributed by atoms with Gasteiger partial charge in [-0.05, 0) is 48.4 Å². The summed E-state index contributed by atoms with van der Waals surface area (Å²) in [6, 6.07) is 21.1. The zero-order chi connectivity index (χ0) is 20.9. The molecule has 0 unspecified atom stereocenters. The lowest BCUT2D eigenvalue weighted by molar-refractivity contribution is -0.115. The fourth-order valence-corrected chi connectivity index (χ4v) is 3.96. The van der Waals surface area contributed by atoms with Crippen molar-refractivity contribution in [1.29, 1.82) is 0 Å². The Labute approximate surface area is 178 Å². The van der Waals surface area contributed by atoms with Gasteiger partial charge >= 0.3 is 0 Å². The summed E-state index contributed by atoms with van der Waals surface area (Å²) in [7, 11) is 0. The lowest BCUT2D eigenvalue weighted by atomic mass is 10.1. The van der Waals surface area contributed by atoms with Gasteiger partial charge in [0.25, 0.3) is 0 Å². The number of thiazole rings is 1. The first-order valence-corrected chi connectivity index (χ1v) is 10.3. The molecule has 0 radical (unpaired) electrons. The number of rotatable bonds is 6. The summed E-state index contributed by atoms with van der Waals surface area (Å²) < 4.78 is 0. The molecule has 0 aliphatic rings. The quantitative estimate of drug-likeness (QED) is 0.411. The molecular weight excluding hydrogens is 394 g/mol.